The molecular formula is C8H14N2O. The first-order chi connectivity index (χ1) is 5.33. The summed E-state index contributed by atoms with van der Waals surface area (Å²) >= 11 is 0. The first kappa shape index (κ1) is 7.10. The van der Waals surface area contributed by atoms with Gasteiger partial charge in [0.25, 0.3) is 0 Å². The van der Waals surface area contributed by atoms with Crippen molar-refractivity contribution < 1.29 is 4.79 Å². The third kappa shape index (κ3) is 1.03. The van der Waals surface area contributed by atoms with Gasteiger partial charge in [-0.3, -0.25) is 4.79 Å². The molecule has 0 saturated carbocycles. The van der Waals surface area contributed by atoms with E-state index < -0.39 is 0 Å². The van der Waals surface area contributed by atoms with E-state index in [1.54, 1.807) is 0 Å². The fourth-order valence-electron chi connectivity index (χ4n) is 2.08. The number of hydrogen-bond acceptors (Lipinski definition) is 2. The number of carbonyl (C=O) groups is 1. The predicted octanol–water partition coefficient (Wildman–Crippen LogP) is -0.124. The van der Waals surface area contributed by atoms with Gasteiger partial charge in [0.15, 0.2) is 0 Å². The zero-order valence-electron chi connectivity index (χ0n) is 6.65. The van der Waals surface area contributed by atoms with E-state index in [2.05, 4.69) is 10.6 Å². The minimum absolute atomic E-state index is 0.0295. The van der Waals surface area contributed by atoms with Gasteiger partial charge in [0, 0.05) is 13.1 Å². The van der Waals surface area contributed by atoms with Crippen molar-refractivity contribution in [2.75, 3.05) is 19.6 Å². The van der Waals surface area contributed by atoms with E-state index in [1.807, 2.05) is 0 Å². The van der Waals surface area contributed by atoms with Crippen LogP contribution >= 0.6 is 0 Å². The highest BCUT2D eigenvalue weighted by Crippen LogP contribution is 2.33. The van der Waals surface area contributed by atoms with Crippen LogP contribution in [0.5, 0.6) is 0 Å². The lowest BCUT2D eigenvalue weighted by atomic mass is 9.79. The molecule has 0 radical (unpaired) electrons. The Balaban J connectivity index is 2.13. The SMILES string of the molecule is O=C1NCCC[C@@]12CCNC2. The summed E-state index contributed by atoms with van der Waals surface area (Å²) in [5.41, 5.74) is -0.0295. The Morgan fingerprint density at radius 3 is 2.82 bits per heavy atom. The second-order valence-corrected chi connectivity index (χ2v) is 3.57. The molecule has 1 atom stereocenters. The molecule has 0 aliphatic carbocycles. The van der Waals surface area contributed by atoms with Crippen LogP contribution in [0.3, 0.4) is 0 Å². The minimum atomic E-state index is -0.0295. The summed E-state index contributed by atoms with van der Waals surface area (Å²) in [6.07, 6.45) is 3.25. The molecule has 2 heterocycles. The van der Waals surface area contributed by atoms with E-state index >= 15 is 0 Å². The summed E-state index contributed by atoms with van der Waals surface area (Å²) in [6.45, 7) is 2.77. The van der Waals surface area contributed by atoms with Crippen LogP contribution < -0.4 is 10.6 Å². The van der Waals surface area contributed by atoms with Crippen LogP contribution in [-0.4, -0.2) is 25.5 Å². The van der Waals surface area contributed by atoms with Crippen LogP contribution in [0, 0.1) is 5.41 Å². The lowest BCUT2D eigenvalue weighted by molar-refractivity contribution is -0.132. The molecule has 2 fully saturated rings. The zero-order chi connectivity index (χ0) is 7.73. The molecule has 3 nitrogen and oxygen atoms in total. The van der Waals surface area contributed by atoms with Crippen molar-refractivity contribution in [3.8, 4) is 0 Å². The van der Waals surface area contributed by atoms with Crippen LogP contribution in [0.15, 0.2) is 0 Å². The first-order valence-corrected chi connectivity index (χ1v) is 4.33. The van der Waals surface area contributed by atoms with Crippen LogP contribution in [0.1, 0.15) is 19.3 Å². The van der Waals surface area contributed by atoms with Gasteiger partial charge in [-0.1, -0.05) is 0 Å². The molecule has 0 aromatic heterocycles. The molecule has 2 rings (SSSR count). The molecule has 1 spiro atoms. The monoisotopic (exact) mass is 154 g/mol. The van der Waals surface area contributed by atoms with Gasteiger partial charge in [0.2, 0.25) is 5.91 Å². The van der Waals surface area contributed by atoms with E-state index in [0.29, 0.717) is 0 Å². The molecule has 11 heavy (non-hydrogen) atoms. The normalized spacial score (nSPS) is 37.6. The largest absolute Gasteiger partial charge is 0.356 e. The van der Waals surface area contributed by atoms with Gasteiger partial charge >= 0.3 is 0 Å². The van der Waals surface area contributed by atoms with Crippen molar-refractivity contribution in [1.82, 2.24) is 10.6 Å². The van der Waals surface area contributed by atoms with Gasteiger partial charge in [-0.2, -0.15) is 0 Å². The van der Waals surface area contributed by atoms with Crippen LogP contribution in [0.25, 0.3) is 0 Å². The van der Waals surface area contributed by atoms with Gasteiger partial charge < -0.3 is 10.6 Å². The Kier molecular flexibility index (Phi) is 1.60. The lowest BCUT2D eigenvalue weighted by Crippen LogP contribution is -2.47. The molecule has 0 aromatic rings. The number of amides is 1. The van der Waals surface area contributed by atoms with Gasteiger partial charge in [-0.25, -0.2) is 0 Å². The lowest BCUT2D eigenvalue weighted by Gasteiger charge is -2.31. The number of nitrogens with one attached hydrogen (secondary N) is 2. The smallest absolute Gasteiger partial charge is 0.227 e. The molecule has 2 aliphatic heterocycles. The number of piperidine rings is 1. The third-order valence-electron chi connectivity index (χ3n) is 2.84. The van der Waals surface area contributed by atoms with Crippen molar-refractivity contribution >= 4 is 5.91 Å². The third-order valence-corrected chi connectivity index (χ3v) is 2.84. The molecular weight excluding hydrogens is 140 g/mol. The molecule has 3 heteroatoms. The zero-order valence-corrected chi connectivity index (χ0v) is 6.65. The molecule has 0 aromatic carbocycles. The number of rotatable bonds is 0. The number of hydrogen-bond donors (Lipinski definition) is 2. The first-order valence-electron chi connectivity index (χ1n) is 4.33. The summed E-state index contributed by atoms with van der Waals surface area (Å²) < 4.78 is 0. The van der Waals surface area contributed by atoms with Crippen molar-refractivity contribution in [2.24, 2.45) is 5.41 Å². The average Bonchev–Trinajstić information content (AvgIpc) is 2.46. The van der Waals surface area contributed by atoms with Gasteiger partial charge in [-0.15, -0.1) is 0 Å². The van der Waals surface area contributed by atoms with Crippen molar-refractivity contribution in [3.63, 3.8) is 0 Å². The van der Waals surface area contributed by atoms with Crippen molar-refractivity contribution in [3.05, 3.63) is 0 Å². The quantitative estimate of drug-likeness (QED) is 0.510. The highest BCUT2D eigenvalue weighted by atomic mass is 16.2. The maximum atomic E-state index is 11.5. The van der Waals surface area contributed by atoms with Gasteiger partial charge in [0.1, 0.15) is 0 Å². The molecule has 1 amide bonds. The minimum Gasteiger partial charge on any atom is -0.356 e. The van der Waals surface area contributed by atoms with E-state index in [1.165, 1.54) is 0 Å². The fraction of sp³-hybridized carbons (Fsp3) is 0.875. The molecule has 0 bridgehead atoms. The topological polar surface area (TPSA) is 41.1 Å². The Morgan fingerprint density at radius 1 is 1.27 bits per heavy atom. The van der Waals surface area contributed by atoms with Crippen molar-refractivity contribution in [1.29, 1.82) is 0 Å². The molecule has 2 aliphatic rings. The van der Waals surface area contributed by atoms with E-state index in [0.717, 1.165) is 38.9 Å². The second kappa shape index (κ2) is 2.48. The summed E-state index contributed by atoms with van der Waals surface area (Å²) in [4.78, 5) is 11.5. The molecule has 62 valence electrons. The fourth-order valence-corrected chi connectivity index (χ4v) is 2.08. The summed E-state index contributed by atoms with van der Waals surface area (Å²) in [5.74, 6) is 0.272. The standard InChI is InChI=1S/C8H14N2O/c11-7-8(2-1-4-10-7)3-5-9-6-8/h9H,1-6H2,(H,10,11)/t8-/m0/s1. The van der Waals surface area contributed by atoms with Gasteiger partial charge in [0.05, 0.1) is 5.41 Å². The highest BCUT2D eigenvalue weighted by Gasteiger charge is 2.42. The predicted molar refractivity (Wildman–Crippen MR) is 42.2 cm³/mol. The molecule has 2 N–H and O–H groups in total. The summed E-state index contributed by atoms with van der Waals surface area (Å²) in [7, 11) is 0. The maximum Gasteiger partial charge on any atom is 0.227 e. The van der Waals surface area contributed by atoms with Crippen LogP contribution in [0.2, 0.25) is 0 Å². The maximum absolute atomic E-state index is 11.5. The summed E-state index contributed by atoms with van der Waals surface area (Å²) in [5, 5.41) is 6.19. The van der Waals surface area contributed by atoms with Crippen molar-refractivity contribution in [2.45, 2.75) is 19.3 Å². The summed E-state index contributed by atoms with van der Waals surface area (Å²) in [6, 6.07) is 0. The Morgan fingerprint density at radius 2 is 2.18 bits per heavy atom. The highest BCUT2D eigenvalue weighted by molar-refractivity contribution is 5.83. The van der Waals surface area contributed by atoms with Gasteiger partial charge in [-0.05, 0) is 25.8 Å². The van der Waals surface area contributed by atoms with E-state index in [-0.39, 0.29) is 11.3 Å². The van der Waals surface area contributed by atoms with Crippen LogP contribution in [0.4, 0.5) is 0 Å². The number of carbonyl (C=O) groups excluding carboxylic acids is 1. The molecule has 0 unspecified atom stereocenters. The second-order valence-electron chi connectivity index (χ2n) is 3.57. The van der Waals surface area contributed by atoms with Crippen LogP contribution in [-0.2, 0) is 4.79 Å². The molecule has 2 saturated heterocycles. The average molecular weight is 154 g/mol. The van der Waals surface area contributed by atoms with E-state index in [9.17, 15) is 4.79 Å². The Hall–Kier alpha value is -0.570. The van der Waals surface area contributed by atoms with E-state index in [4.69, 9.17) is 0 Å². The Labute approximate surface area is 66.5 Å². The Bertz CT molecular complexity index is 173.